The summed E-state index contributed by atoms with van der Waals surface area (Å²) in [5, 5.41) is 20.4. The van der Waals surface area contributed by atoms with Gasteiger partial charge in [0.2, 0.25) is 35.4 Å². The van der Waals surface area contributed by atoms with Crippen LogP contribution in [0.25, 0.3) is 0 Å². The zero-order chi connectivity index (χ0) is 50.6. The molecule has 2 aliphatic rings. The van der Waals surface area contributed by atoms with Crippen LogP contribution in [0.1, 0.15) is 146 Å². The number of rotatable bonds is 22. The Morgan fingerprint density at radius 3 is 1.93 bits per heavy atom. The number of benzene rings is 2. The van der Waals surface area contributed by atoms with Crippen molar-refractivity contribution < 1.29 is 38.4 Å². The lowest BCUT2D eigenvalue weighted by molar-refractivity contribution is -0.144. The van der Waals surface area contributed by atoms with E-state index < -0.39 is 65.3 Å². The Morgan fingerprint density at radius 2 is 1.32 bits per heavy atom. The van der Waals surface area contributed by atoms with E-state index in [0.29, 0.717) is 0 Å². The number of carbonyl (C=O) groups is 8. The molecule has 1 saturated heterocycles. The van der Waals surface area contributed by atoms with Crippen LogP contribution in [0.3, 0.4) is 0 Å². The van der Waals surface area contributed by atoms with Crippen molar-refractivity contribution in [3.8, 4) is 0 Å². The topological polar surface area (TPSA) is 224 Å². The molecule has 4 rings (SSSR count). The van der Waals surface area contributed by atoms with E-state index in [2.05, 4.69) is 43.3 Å². The number of Topliss-reactive ketones (excluding diaryl/α,β-unsaturated/α-hetero) is 2. The first-order valence-corrected chi connectivity index (χ1v) is 24.4. The molecule has 1 aliphatic heterocycles. The van der Waals surface area contributed by atoms with Crippen molar-refractivity contribution in [3.63, 3.8) is 0 Å². The highest BCUT2D eigenvalue weighted by Gasteiger charge is 2.46. The first-order valence-electron chi connectivity index (χ1n) is 24.4. The predicted molar refractivity (Wildman–Crippen MR) is 262 cm³/mol. The van der Waals surface area contributed by atoms with Crippen LogP contribution in [0.2, 0.25) is 0 Å². The van der Waals surface area contributed by atoms with Crippen LogP contribution >= 0.6 is 0 Å². The normalized spacial score (nSPS) is 19.7. The molecule has 0 aromatic heterocycles. The van der Waals surface area contributed by atoms with Gasteiger partial charge in [-0.05, 0) is 107 Å². The van der Waals surface area contributed by atoms with E-state index >= 15 is 0 Å². The minimum Gasteiger partial charge on any atom is -0.352 e. The minimum atomic E-state index is -1.10. The molecule has 16 heteroatoms. The van der Waals surface area contributed by atoms with E-state index in [-0.39, 0.29) is 96.6 Å². The quantitative estimate of drug-likeness (QED) is 0.0835. The van der Waals surface area contributed by atoms with Gasteiger partial charge in [-0.2, -0.15) is 0 Å². The van der Waals surface area contributed by atoms with Gasteiger partial charge in [-0.1, -0.05) is 90.9 Å². The largest absolute Gasteiger partial charge is 0.352 e. The maximum absolute atomic E-state index is 14.6. The molecule has 0 unspecified atom stereocenters. The van der Waals surface area contributed by atoms with Crippen LogP contribution in [-0.4, -0.2) is 115 Å². The van der Waals surface area contributed by atoms with E-state index in [9.17, 15) is 38.4 Å². The number of nitrogens with one attached hydrogen (secondary N) is 7. The summed E-state index contributed by atoms with van der Waals surface area (Å²) in [5.74, 6) is -3.71. The van der Waals surface area contributed by atoms with Crippen LogP contribution in [0.5, 0.6) is 0 Å². The van der Waals surface area contributed by atoms with Crippen molar-refractivity contribution >= 4 is 47.0 Å². The minimum absolute atomic E-state index is 0.0102. The number of likely N-dealkylation sites (tertiary alicyclic amines) is 1. The van der Waals surface area contributed by atoms with Crippen LogP contribution in [0, 0.1) is 23.2 Å². The molecule has 7 N–H and O–H groups in total. The maximum atomic E-state index is 14.6. The molecule has 9 atom stereocenters. The van der Waals surface area contributed by atoms with Gasteiger partial charge in [0.05, 0.1) is 18.1 Å². The summed E-state index contributed by atoms with van der Waals surface area (Å²) in [6.07, 6.45) is 2.59. The van der Waals surface area contributed by atoms with E-state index in [1.165, 1.54) is 16.5 Å². The molecular weight excluding hydrogens is 865 g/mol. The monoisotopic (exact) mass is 943 g/mol. The summed E-state index contributed by atoms with van der Waals surface area (Å²) in [6, 6.07) is 8.88. The van der Waals surface area contributed by atoms with Crippen LogP contribution in [0.15, 0.2) is 48.5 Å². The van der Waals surface area contributed by atoms with E-state index in [1.807, 2.05) is 59.7 Å². The number of hydrogen-bond donors (Lipinski definition) is 7. The molecule has 2 aromatic rings. The van der Waals surface area contributed by atoms with Gasteiger partial charge in [0.1, 0.15) is 24.2 Å². The third-order valence-corrected chi connectivity index (χ3v) is 13.6. The third-order valence-electron chi connectivity index (χ3n) is 13.6. The molecule has 0 radical (unpaired) electrons. The van der Waals surface area contributed by atoms with Crippen LogP contribution in [0.4, 0.5) is 0 Å². The van der Waals surface area contributed by atoms with Crippen molar-refractivity contribution in [2.45, 2.75) is 163 Å². The number of amides is 6. The smallest absolute Gasteiger partial charge is 0.246 e. The van der Waals surface area contributed by atoms with Crippen molar-refractivity contribution in [2.75, 3.05) is 20.6 Å². The second-order valence-electron chi connectivity index (χ2n) is 20.6. The van der Waals surface area contributed by atoms with Gasteiger partial charge in [-0.25, -0.2) is 0 Å². The van der Waals surface area contributed by atoms with Gasteiger partial charge < -0.3 is 42.1 Å². The lowest BCUT2D eigenvalue weighted by Crippen LogP contribution is -2.59. The number of nitrogens with zero attached hydrogens (tertiary/aromatic N) is 1. The van der Waals surface area contributed by atoms with E-state index in [4.69, 9.17) is 0 Å². The Balaban J connectivity index is 1.54. The summed E-state index contributed by atoms with van der Waals surface area (Å²) in [4.78, 5) is 112. The highest BCUT2D eigenvalue weighted by molar-refractivity contribution is 6.02. The molecule has 0 bridgehead atoms. The molecule has 374 valence electrons. The third kappa shape index (κ3) is 14.8. The van der Waals surface area contributed by atoms with Crippen LogP contribution < -0.4 is 37.2 Å². The number of likely N-dealkylation sites (N-methyl/N-ethyl adjacent to an activating group) is 2. The van der Waals surface area contributed by atoms with Gasteiger partial charge in [0, 0.05) is 36.6 Å². The molecule has 1 heterocycles. The zero-order valence-corrected chi connectivity index (χ0v) is 42.3. The number of ketones is 2. The summed E-state index contributed by atoms with van der Waals surface area (Å²) in [7, 11) is 3.29. The zero-order valence-electron chi connectivity index (χ0n) is 42.3. The highest BCUT2D eigenvalue weighted by Crippen LogP contribution is 2.34. The molecule has 0 saturated carbocycles. The van der Waals surface area contributed by atoms with Crippen molar-refractivity contribution in [1.29, 1.82) is 0 Å². The lowest BCUT2D eigenvalue weighted by Gasteiger charge is -2.36. The fourth-order valence-corrected chi connectivity index (χ4v) is 8.58. The fraction of sp³-hybridized carbons (Fsp3) is 0.615. The number of hydrogen-bond acceptors (Lipinski definition) is 10. The van der Waals surface area contributed by atoms with Gasteiger partial charge in [0.25, 0.3) is 0 Å². The molecule has 68 heavy (non-hydrogen) atoms. The van der Waals surface area contributed by atoms with Crippen molar-refractivity contribution in [1.82, 2.24) is 42.1 Å². The number of carbonyl (C=O) groups excluding carboxylic acids is 8. The number of fused-ring (bicyclic) bond motifs is 1. The SMILES string of the molecule is CN[C@@H](C)C(=O)N[C@H](C(=O)N[C@@H](CCC(=O)c1cccc(C(=O)C[C@H]2C[C@@H](C(=O)N[C@@H]3CCCc4ccccc43)N(C(=O)[C@@H](NC(=O)[C@H](C)NC)C(C)(C)C)C2)c1)C(=O)N[C@H](C)C(C)C)C(C)C. The second-order valence-corrected chi connectivity index (χ2v) is 20.6. The van der Waals surface area contributed by atoms with E-state index in [0.717, 1.165) is 24.8 Å². The Bertz CT molecular complexity index is 2130. The molecule has 16 nitrogen and oxygen atoms in total. The van der Waals surface area contributed by atoms with E-state index in [1.54, 1.807) is 60.0 Å². The lowest BCUT2D eigenvalue weighted by atomic mass is 9.85. The molecular formula is C52H78N8O8. The van der Waals surface area contributed by atoms with Gasteiger partial charge in [-0.3, -0.25) is 38.4 Å². The number of aryl methyl sites for hydroxylation is 1. The molecule has 2 aromatic carbocycles. The molecule has 1 fully saturated rings. The maximum Gasteiger partial charge on any atom is 0.246 e. The molecule has 6 amide bonds. The summed E-state index contributed by atoms with van der Waals surface area (Å²) in [6.45, 7) is 18.4. The average molecular weight is 943 g/mol. The first-order chi connectivity index (χ1) is 32.0. The Kier molecular flexibility index (Phi) is 20.0. The van der Waals surface area contributed by atoms with Crippen molar-refractivity contribution in [2.24, 2.45) is 23.2 Å². The fourth-order valence-electron chi connectivity index (χ4n) is 8.58. The Labute approximate surface area is 403 Å². The van der Waals surface area contributed by atoms with Crippen molar-refractivity contribution in [3.05, 3.63) is 70.8 Å². The summed E-state index contributed by atoms with van der Waals surface area (Å²) < 4.78 is 0. The Hall–Kier alpha value is -5.48. The highest BCUT2D eigenvalue weighted by atomic mass is 16.2. The standard InChI is InChI=1S/C52H78N8O8/c1-29(2)31(5)55-48(65)40(57-50(67)44(30(3)4)58-46(63)32(6)53-11)23-24-42(61)36-19-15-20-37(27-36)43(62)26-34-25-41(49(66)56-39-22-16-18-35-17-13-14-21-38(35)39)60(28-34)51(68)45(52(8,9)10)59-47(64)33(7)54-12/h13-15,17,19-21,27,29-34,39-41,44-45,53-54H,16,18,22-26,28H2,1-12H3,(H,55,65)(H,56,66)(H,57,67)(H,58,63)(H,59,64)/t31-,32+,33+,34-,39-,40+,41+,44+,45-/m1/s1. The van der Waals surface area contributed by atoms with Gasteiger partial charge in [-0.15, -0.1) is 0 Å². The van der Waals surface area contributed by atoms with Gasteiger partial charge >= 0.3 is 0 Å². The molecule has 1 aliphatic carbocycles. The summed E-state index contributed by atoms with van der Waals surface area (Å²) in [5.41, 5.74) is 2.03. The van der Waals surface area contributed by atoms with Gasteiger partial charge in [0.15, 0.2) is 11.6 Å². The molecule has 0 spiro atoms. The average Bonchev–Trinajstić information content (AvgIpc) is 3.73. The summed E-state index contributed by atoms with van der Waals surface area (Å²) >= 11 is 0. The van der Waals surface area contributed by atoms with Crippen LogP contribution in [-0.2, 0) is 35.2 Å². The second kappa shape index (κ2) is 24.7. The Morgan fingerprint density at radius 1 is 0.706 bits per heavy atom. The first kappa shape index (κ1) is 55.1. The predicted octanol–water partition coefficient (Wildman–Crippen LogP) is 4.17.